The molecule has 0 fully saturated rings. The van der Waals surface area contributed by atoms with E-state index in [-0.39, 0.29) is 5.41 Å². The lowest BCUT2D eigenvalue weighted by Gasteiger charge is -2.31. The molecule has 264 valence electrons. The molecule has 56 heavy (non-hydrogen) atoms. The van der Waals surface area contributed by atoms with Gasteiger partial charge in [0, 0.05) is 74.8 Å². The lowest BCUT2D eigenvalue weighted by atomic mass is 9.76. The largest absolute Gasteiger partial charge is 0.425 e. The Morgan fingerprint density at radius 3 is 2.18 bits per heavy atom. The van der Waals surface area contributed by atoms with Crippen molar-refractivity contribution in [2.45, 2.75) is 19.3 Å². The summed E-state index contributed by atoms with van der Waals surface area (Å²) in [6.45, 7) is 4.54. The van der Waals surface area contributed by atoms with Crippen molar-refractivity contribution in [3.05, 3.63) is 169 Å². The zero-order valence-electron chi connectivity index (χ0n) is 30.6. The Bertz CT molecular complexity index is 3610. The summed E-state index contributed by atoms with van der Waals surface area (Å²) in [5.74, 6) is 1.42. The molecule has 1 aliphatic rings. The van der Waals surface area contributed by atoms with Gasteiger partial charge in [-0.25, -0.2) is 0 Å². The van der Waals surface area contributed by atoms with Gasteiger partial charge < -0.3 is 18.5 Å². The van der Waals surface area contributed by atoms with Crippen LogP contribution >= 0.6 is 11.3 Å². The number of furan rings is 1. The zero-order valence-corrected chi connectivity index (χ0v) is 31.4. The summed E-state index contributed by atoms with van der Waals surface area (Å²) in [4.78, 5) is 2.42. The van der Waals surface area contributed by atoms with E-state index < -0.39 is 0 Å². The minimum absolute atomic E-state index is 0.320. The summed E-state index contributed by atoms with van der Waals surface area (Å²) in [5.41, 5.74) is 9.65. The molecule has 0 saturated carbocycles. The molecule has 4 nitrogen and oxygen atoms in total. The highest BCUT2D eigenvalue weighted by atomic mass is 32.1. The summed E-state index contributed by atoms with van der Waals surface area (Å²) in [7, 11) is 0. The summed E-state index contributed by atoms with van der Waals surface area (Å²) in [6.07, 6.45) is 0. The first kappa shape index (κ1) is 30.5. The normalized spacial score (nSPS) is 13.8. The van der Waals surface area contributed by atoms with Crippen molar-refractivity contribution in [3.8, 4) is 11.7 Å². The van der Waals surface area contributed by atoms with Crippen molar-refractivity contribution < 1.29 is 9.15 Å². The van der Waals surface area contributed by atoms with E-state index in [4.69, 9.17) is 9.15 Å². The molecule has 0 spiro atoms. The molecule has 0 N–H and O–H groups in total. The molecule has 5 heteroatoms. The van der Waals surface area contributed by atoms with Gasteiger partial charge in [0.05, 0.1) is 27.8 Å². The van der Waals surface area contributed by atoms with Gasteiger partial charge in [-0.2, -0.15) is 0 Å². The fraction of sp³-hybridized carbons (Fsp3) is 0.0588. The highest BCUT2D eigenvalue weighted by Crippen LogP contribution is 2.54. The number of anilines is 3. The molecule has 5 heterocycles. The van der Waals surface area contributed by atoms with Crippen LogP contribution < -0.4 is 9.64 Å². The van der Waals surface area contributed by atoms with Gasteiger partial charge in [0.25, 0.3) is 5.95 Å². The maximum Gasteiger partial charge on any atom is 0.295 e. The van der Waals surface area contributed by atoms with Crippen LogP contribution in [0.15, 0.2) is 162 Å². The molecule has 0 amide bonds. The maximum atomic E-state index is 6.46. The average molecular weight is 737 g/mol. The van der Waals surface area contributed by atoms with Crippen LogP contribution in [0.4, 0.5) is 17.1 Å². The fourth-order valence-electron chi connectivity index (χ4n) is 10.0. The SMILES string of the molecule is CC1(C)c2ccccc2Oc2oc3ccc(N(c4ccccc4)c4cccc5c4c4cccc6c7c8c(cc9cccc(c97)n5c46)sc4ccccc48)cc3c21. The Labute approximate surface area is 325 Å². The van der Waals surface area contributed by atoms with E-state index in [0.717, 1.165) is 44.9 Å². The van der Waals surface area contributed by atoms with E-state index in [1.807, 2.05) is 23.5 Å². The molecule has 0 unspecified atom stereocenters. The topological polar surface area (TPSA) is 30.0 Å². The van der Waals surface area contributed by atoms with Crippen molar-refractivity contribution in [3.63, 3.8) is 0 Å². The smallest absolute Gasteiger partial charge is 0.295 e. The molecule has 8 aromatic carbocycles. The van der Waals surface area contributed by atoms with Crippen LogP contribution in [0, 0.1) is 0 Å². The first-order valence-electron chi connectivity index (χ1n) is 19.2. The van der Waals surface area contributed by atoms with Crippen LogP contribution in [0.2, 0.25) is 0 Å². The molecule has 0 bridgehead atoms. The first-order valence-corrected chi connectivity index (χ1v) is 20.0. The first-order chi connectivity index (χ1) is 27.5. The number of ether oxygens (including phenoxy) is 1. The third kappa shape index (κ3) is 3.83. The van der Waals surface area contributed by atoms with Crippen LogP contribution in [0.5, 0.6) is 11.7 Å². The lowest BCUT2D eigenvalue weighted by Crippen LogP contribution is -2.23. The van der Waals surface area contributed by atoms with Crippen LogP contribution in [0.1, 0.15) is 25.0 Å². The second kappa shape index (κ2) is 10.7. The molecule has 13 rings (SSSR count). The monoisotopic (exact) mass is 736 g/mol. The number of fused-ring (bicyclic) bond motifs is 13. The third-order valence-electron chi connectivity index (χ3n) is 12.3. The zero-order chi connectivity index (χ0) is 36.9. The van der Waals surface area contributed by atoms with E-state index in [1.165, 1.54) is 69.0 Å². The minimum Gasteiger partial charge on any atom is -0.425 e. The Kier molecular flexibility index (Phi) is 5.82. The minimum atomic E-state index is -0.320. The van der Waals surface area contributed by atoms with Gasteiger partial charge in [-0.3, -0.25) is 0 Å². The van der Waals surface area contributed by atoms with Crippen LogP contribution in [0.3, 0.4) is 0 Å². The standard InChI is InChI=1S/C51H32N2O2S/c1-51(2)36-19-7-8-23-41(36)55-50-48(51)35-28-31(25-26-40(35)54-50)52(30-14-4-3-5-15-30)38-21-12-22-39-45(38)33-17-11-18-34-47-44-29(13-10-20-37(44)53(39)49(33)34)27-43-46(47)32-16-6-9-24-42(32)56-43/h3-28H,1-2H3. The third-order valence-corrected chi connectivity index (χ3v) is 13.4. The number of nitrogens with zero attached hydrogens (tertiary/aromatic N) is 2. The van der Waals surface area contributed by atoms with Crippen molar-refractivity contribution >= 4 is 108 Å². The van der Waals surface area contributed by atoms with E-state index in [0.29, 0.717) is 5.95 Å². The molecule has 0 saturated heterocycles. The number of hydrogen-bond acceptors (Lipinski definition) is 4. The van der Waals surface area contributed by atoms with E-state index in [1.54, 1.807) is 0 Å². The van der Waals surface area contributed by atoms with Crippen LogP contribution in [-0.2, 0) is 5.41 Å². The molecular weight excluding hydrogens is 705 g/mol. The number of aromatic nitrogens is 1. The number of benzene rings is 8. The molecule has 0 aliphatic carbocycles. The summed E-state index contributed by atoms with van der Waals surface area (Å²) >= 11 is 1.89. The highest BCUT2D eigenvalue weighted by molar-refractivity contribution is 7.26. The highest BCUT2D eigenvalue weighted by Gasteiger charge is 2.39. The molecule has 4 aromatic heterocycles. The molecular formula is C51H32N2O2S. The number of rotatable bonds is 3. The fourth-order valence-corrected chi connectivity index (χ4v) is 11.2. The average Bonchev–Trinajstić information content (AvgIpc) is 3.90. The Balaban J connectivity index is 1.14. The molecule has 0 radical (unpaired) electrons. The van der Waals surface area contributed by atoms with Crippen molar-refractivity contribution in [1.82, 2.24) is 4.40 Å². The van der Waals surface area contributed by atoms with Gasteiger partial charge in [0.15, 0.2) is 0 Å². The quantitative estimate of drug-likeness (QED) is 0.134. The maximum absolute atomic E-state index is 6.46. The predicted octanol–water partition coefficient (Wildman–Crippen LogP) is 15.0. The van der Waals surface area contributed by atoms with Gasteiger partial charge >= 0.3 is 0 Å². The second-order valence-electron chi connectivity index (χ2n) is 15.6. The van der Waals surface area contributed by atoms with E-state index in [9.17, 15) is 0 Å². The summed E-state index contributed by atoms with van der Waals surface area (Å²) in [6, 6.07) is 57.4. The number of thiophene rings is 1. The Morgan fingerprint density at radius 2 is 1.29 bits per heavy atom. The van der Waals surface area contributed by atoms with Gasteiger partial charge in [-0.1, -0.05) is 105 Å². The summed E-state index contributed by atoms with van der Waals surface area (Å²) < 4.78 is 18.1. The Hall–Kier alpha value is -6.82. The summed E-state index contributed by atoms with van der Waals surface area (Å²) in [5, 5.41) is 11.4. The Morgan fingerprint density at radius 1 is 0.554 bits per heavy atom. The molecule has 0 atom stereocenters. The predicted molar refractivity (Wildman–Crippen MR) is 235 cm³/mol. The van der Waals surface area contributed by atoms with E-state index in [2.05, 4.69) is 169 Å². The van der Waals surface area contributed by atoms with Crippen LogP contribution in [0.25, 0.3) is 80.0 Å². The van der Waals surface area contributed by atoms with Gasteiger partial charge in [-0.05, 0) is 72.1 Å². The van der Waals surface area contributed by atoms with Gasteiger partial charge in [0.1, 0.15) is 11.3 Å². The molecule has 12 aromatic rings. The van der Waals surface area contributed by atoms with Gasteiger partial charge in [0.2, 0.25) is 0 Å². The number of para-hydroxylation sites is 3. The second-order valence-corrected chi connectivity index (χ2v) is 16.7. The van der Waals surface area contributed by atoms with Crippen LogP contribution in [-0.4, -0.2) is 4.40 Å². The van der Waals surface area contributed by atoms with Crippen molar-refractivity contribution in [2.24, 2.45) is 0 Å². The lowest BCUT2D eigenvalue weighted by molar-refractivity contribution is 0.325. The van der Waals surface area contributed by atoms with Gasteiger partial charge in [-0.15, -0.1) is 11.3 Å². The van der Waals surface area contributed by atoms with Crippen molar-refractivity contribution in [1.29, 1.82) is 0 Å². The molecule has 1 aliphatic heterocycles. The van der Waals surface area contributed by atoms with Crippen molar-refractivity contribution in [2.75, 3.05) is 4.90 Å². The van der Waals surface area contributed by atoms with E-state index >= 15 is 0 Å². The number of hydrogen-bond donors (Lipinski definition) is 0. The number of pyridine rings is 1.